The molecule has 3 aromatic rings. The standard InChI is InChI=1S/C26H31N3O3/c1-4-7-18(2)22-8-5-6-9-24(22)32-21-13-10-19(11-14-21)16-28-26(30)23-15-12-20(17-31-3)29-25(23)27/h5-6,8-15,18H,4,7,16-17H2,1-3H3,(H2,27,29)(H,28,30). The summed E-state index contributed by atoms with van der Waals surface area (Å²) in [4.78, 5) is 16.7. The van der Waals surface area contributed by atoms with Gasteiger partial charge in [-0.15, -0.1) is 0 Å². The minimum absolute atomic E-state index is 0.191. The van der Waals surface area contributed by atoms with Crippen LogP contribution in [0.5, 0.6) is 11.5 Å². The number of rotatable bonds is 10. The Morgan fingerprint density at radius 1 is 1.09 bits per heavy atom. The van der Waals surface area contributed by atoms with E-state index in [2.05, 4.69) is 30.2 Å². The largest absolute Gasteiger partial charge is 0.457 e. The van der Waals surface area contributed by atoms with Gasteiger partial charge in [0.2, 0.25) is 0 Å². The molecule has 6 heteroatoms. The van der Waals surface area contributed by atoms with Gasteiger partial charge in [0.15, 0.2) is 0 Å². The Bertz CT molecular complexity index is 1030. The van der Waals surface area contributed by atoms with Crippen LogP contribution >= 0.6 is 0 Å². The molecule has 0 bridgehead atoms. The third-order valence-corrected chi connectivity index (χ3v) is 5.30. The Labute approximate surface area is 189 Å². The molecule has 6 nitrogen and oxygen atoms in total. The van der Waals surface area contributed by atoms with E-state index in [9.17, 15) is 4.79 Å². The van der Waals surface area contributed by atoms with Crippen molar-refractivity contribution in [2.45, 2.75) is 45.8 Å². The molecule has 0 aliphatic carbocycles. The molecule has 0 fully saturated rings. The fraction of sp³-hybridized carbons (Fsp3) is 0.308. The normalized spacial score (nSPS) is 11.7. The smallest absolute Gasteiger partial charge is 0.255 e. The van der Waals surface area contributed by atoms with Crippen LogP contribution in [0.3, 0.4) is 0 Å². The lowest BCUT2D eigenvalue weighted by molar-refractivity contribution is 0.0951. The van der Waals surface area contributed by atoms with E-state index in [1.54, 1.807) is 19.2 Å². The van der Waals surface area contributed by atoms with E-state index in [0.29, 0.717) is 30.3 Å². The minimum Gasteiger partial charge on any atom is -0.457 e. The third kappa shape index (κ3) is 6.08. The molecule has 168 valence electrons. The van der Waals surface area contributed by atoms with E-state index >= 15 is 0 Å². The van der Waals surface area contributed by atoms with Crippen LogP contribution in [0.4, 0.5) is 5.82 Å². The first kappa shape index (κ1) is 23.3. The number of carbonyl (C=O) groups excluding carboxylic acids is 1. The summed E-state index contributed by atoms with van der Waals surface area (Å²) >= 11 is 0. The number of anilines is 1. The highest BCUT2D eigenvalue weighted by atomic mass is 16.5. The maximum Gasteiger partial charge on any atom is 0.255 e. The third-order valence-electron chi connectivity index (χ3n) is 5.30. The van der Waals surface area contributed by atoms with E-state index in [-0.39, 0.29) is 11.7 Å². The average molecular weight is 434 g/mol. The summed E-state index contributed by atoms with van der Waals surface area (Å²) in [6.45, 7) is 5.15. The second-order valence-electron chi connectivity index (χ2n) is 7.82. The quantitative estimate of drug-likeness (QED) is 0.445. The highest BCUT2D eigenvalue weighted by molar-refractivity contribution is 5.98. The predicted octanol–water partition coefficient (Wildman–Crippen LogP) is 5.44. The first-order valence-electron chi connectivity index (χ1n) is 10.9. The molecule has 32 heavy (non-hydrogen) atoms. The number of benzene rings is 2. The summed E-state index contributed by atoms with van der Waals surface area (Å²) in [5, 5.41) is 2.88. The molecule has 1 amide bonds. The van der Waals surface area contributed by atoms with E-state index in [0.717, 1.165) is 29.9 Å². The molecule has 1 unspecified atom stereocenters. The van der Waals surface area contributed by atoms with Gasteiger partial charge in [-0.05, 0) is 53.8 Å². The van der Waals surface area contributed by atoms with Crippen molar-refractivity contribution in [3.63, 3.8) is 0 Å². The molecule has 0 radical (unpaired) electrons. The lowest BCUT2D eigenvalue weighted by Crippen LogP contribution is -2.24. The van der Waals surface area contributed by atoms with Gasteiger partial charge in [-0.25, -0.2) is 4.98 Å². The molecular formula is C26H31N3O3. The number of hydrogen-bond acceptors (Lipinski definition) is 5. The first-order valence-corrected chi connectivity index (χ1v) is 10.9. The number of ether oxygens (including phenoxy) is 2. The van der Waals surface area contributed by atoms with Gasteiger partial charge >= 0.3 is 0 Å². The van der Waals surface area contributed by atoms with Crippen molar-refractivity contribution in [2.24, 2.45) is 0 Å². The monoisotopic (exact) mass is 433 g/mol. The number of amides is 1. The van der Waals surface area contributed by atoms with Gasteiger partial charge in [0.1, 0.15) is 17.3 Å². The first-order chi connectivity index (χ1) is 15.5. The van der Waals surface area contributed by atoms with Crippen molar-refractivity contribution in [1.29, 1.82) is 0 Å². The van der Waals surface area contributed by atoms with Gasteiger partial charge in [-0.2, -0.15) is 0 Å². The van der Waals surface area contributed by atoms with Gasteiger partial charge in [-0.1, -0.05) is 50.6 Å². The van der Waals surface area contributed by atoms with Crippen LogP contribution in [-0.4, -0.2) is 18.0 Å². The molecule has 0 aliphatic rings. The molecule has 3 N–H and O–H groups in total. The van der Waals surface area contributed by atoms with Crippen molar-refractivity contribution in [2.75, 3.05) is 12.8 Å². The molecule has 2 aromatic carbocycles. The van der Waals surface area contributed by atoms with Crippen molar-refractivity contribution in [3.05, 3.63) is 83.0 Å². The molecule has 1 atom stereocenters. The van der Waals surface area contributed by atoms with E-state index in [4.69, 9.17) is 15.2 Å². The topological polar surface area (TPSA) is 86.5 Å². The number of nitrogens with two attached hydrogens (primary N) is 1. The summed E-state index contributed by atoms with van der Waals surface area (Å²) in [5.74, 6) is 2.01. The molecule has 1 heterocycles. The molecule has 0 aliphatic heterocycles. The van der Waals surface area contributed by atoms with Gasteiger partial charge in [-0.3, -0.25) is 4.79 Å². The zero-order valence-electron chi connectivity index (χ0n) is 18.9. The van der Waals surface area contributed by atoms with Gasteiger partial charge < -0.3 is 20.5 Å². The zero-order chi connectivity index (χ0) is 22.9. The van der Waals surface area contributed by atoms with Crippen LogP contribution in [0.2, 0.25) is 0 Å². The van der Waals surface area contributed by atoms with E-state index < -0.39 is 0 Å². The molecule has 0 saturated carbocycles. The van der Waals surface area contributed by atoms with Crippen LogP contribution in [0.25, 0.3) is 0 Å². The Balaban J connectivity index is 1.61. The molecular weight excluding hydrogens is 402 g/mol. The van der Waals surface area contributed by atoms with Gasteiger partial charge in [0, 0.05) is 13.7 Å². The SMILES string of the molecule is CCCC(C)c1ccccc1Oc1ccc(CNC(=O)c2ccc(COC)nc2N)cc1. The summed E-state index contributed by atoms with van der Waals surface area (Å²) in [7, 11) is 1.58. The lowest BCUT2D eigenvalue weighted by atomic mass is 9.96. The van der Waals surface area contributed by atoms with Crippen molar-refractivity contribution < 1.29 is 14.3 Å². The zero-order valence-corrected chi connectivity index (χ0v) is 18.9. The van der Waals surface area contributed by atoms with Gasteiger partial charge in [0.05, 0.1) is 17.9 Å². The van der Waals surface area contributed by atoms with Crippen molar-refractivity contribution >= 4 is 11.7 Å². The second-order valence-corrected chi connectivity index (χ2v) is 7.82. The van der Waals surface area contributed by atoms with Gasteiger partial charge in [0.25, 0.3) is 5.91 Å². The number of methoxy groups -OCH3 is 1. The Hall–Kier alpha value is -3.38. The van der Waals surface area contributed by atoms with Crippen LogP contribution in [0.15, 0.2) is 60.7 Å². The fourth-order valence-electron chi connectivity index (χ4n) is 3.59. The number of pyridine rings is 1. The van der Waals surface area contributed by atoms with Crippen LogP contribution < -0.4 is 15.8 Å². The average Bonchev–Trinajstić information content (AvgIpc) is 2.79. The summed E-state index contributed by atoms with van der Waals surface area (Å²) in [6, 6.07) is 19.3. The number of hydrogen-bond donors (Lipinski definition) is 2. The summed E-state index contributed by atoms with van der Waals surface area (Å²) in [5.41, 5.74) is 9.13. The van der Waals surface area contributed by atoms with Crippen LogP contribution in [0, 0.1) is 0 Å². The van der Waals surface area contributed by atoms with Crippen molar-refractivity contribution in [1.82, 2.24) is 10.3 Å². The number of nitrogen functional groups attached to an aromatic ring is 1. The van der Waals surface area contributed by atoms with Crippen LogP contribution in [0.1, 0.15) is 59.8 Å². The molecule has 1 aromatic heterocycles. The van der Waals surface area contributed by atoms with E-state index in [1.807, 2.05) is 42.5 Å². The number of para-hydroxylation sites is 1. The fourth-order valence-corrected chi connectivity index (χ4v) is 3.59. The highest BCUT2D eigenvalue weighted by Crippen LogP contribution is 2.32. The number of nitrogens with zero attached hydrogens (tertiary/aromatic N) is 1. The highest BCUT2D eigenvalue weighted by Gasteiger charge is 2.13. The maximum absolute atomic E-state index is 12.5. The molecule has 3 rings (SSSR count). The second kappa shape index (κ2) is 11.3. The summed E-state index contributed by atoms with van der Waals surface area (Å²) in [6.07, 6.45) is 2.25. The maximum atomic E-state index is 12.5. The van der Waals surface area contributed by atoms with Crippen molar-refractivity contribution in [3.8, 4) is 11.5 Å². The Morgan fingerprint density at radius 2 is 1.84 bits per heavy atom. The lowest BCUT2D eigenvalue weighted by Gasteiger charge is -2.16. The minimum atomic E-state index is -0.266. The molecule has 0 spiro atoms. The number of carbonyl (C=O) groups is 1. The Morgan fingerprint density at radius 3 is 2.53 bits per heavy atom. The molecule has 0 saturated heterocycles. The van der Waals surface area contributed by atoms with E-state index in [1.165, 1.54) is 5.56 Å². The summed E-state index contributed by atoms with van der Waals surface area (Å²) < 4.78 is 11.2. The predicted molar refractivity (Wildman–Crippen MR) is 127 cm³/mol. The number of nitrogens with one attached hydrogen (secondary N) is 1. The number of aromatic nitrogens is 1. The Kier molecular flexibility index (Phi) is 8.22. The van der Waals surface area contributed by atoms with Crippen LogP contribution in [-0.2, 0) is 17.9 Å².